The lowest BCUT2D eigenvalue weighted by Crippen LogP contribution is -2.24. The lowest BCUT2D eigenvalue weighted by molar-refractivity contribution is -0.155. The predicted octanol–water partition coefficient (Wildman–Crippen LogP) is 4.59. The number of sulfonamides is 1. The van der Waals surface area contributed by atoms with Crippen LogP contribution in [-0.2, 0) is 16.2 Å². The Morgan fingerprint density at radius 1 is 1.27 bits per heavy atom. The molecule has 0 saturated heterocycles. The first-order valence-electron chi connectivity index (χ1n) is 8.07. The number of allylic oxidation sites excluding steroid dienone is 1. The van der Waals surface area contributed by atoms with Gasteiger partial charge in [-0.15, -0.1) is 11.3 Å². The normalized spacial score (nSPS) is 15.9. The van der Waals surface area contributed by atoms with Gasteiger partial charge >= 0.3 is 6.18 Å². The van der Waals surface area contributed by atoms with Crippen LogP contribution in [0.5, 0.6) is 0 Å². The third-order valence-electron chi connectivity index (χ3n) is 4.01. The standard InChI is InChI=1S/C16H17F3N2O3S2/c17-16(18,19)14-10-12(21-24-14)13-6-7-15(25-13)26(22,23)20-9-8-11-4-2-1-3-5-11/h4,6-7,10,20H,1-3,5,8-9H2. The lowest BCUT2D eigenvalue weighted by atomic mass is 9.97. The van der Waals surface area contributed by atoms with Gasteiger partial charge in [-0.05, 0) is 44.2 Å². The van der Waals surface area contributed by atoms with Gasteiger partial charge in [0.05, 0.1) is 4.88 Å². The van der Waals surface area contributed by atoms with E-state index in [4.69, 9.17) is 0 Å². The molecule has 1 aliphatic carbocycles. The van der Waals surface area contributed by atoms with E-state index in [2.05, 4.69) is 20.5 Å². The van der Waals surface area contributed by atoms with E-state index < -0.39 is 22.0 Å². The topological polar surface area (TPSA) is 72.2 Å². The number of nitrogens with zero attached hydrogens (tertiary/aromatic N) is 1. The molecule has 0 aromatic carbocycles. The third kappa shape index (κ3) is 4.54. The molecular formula is C16H17F3N2O3S2. The van der Waals surface area contributed by atoms with E-state index >= 15 is 0 Å². The van der Waals surface area contributed by atoms with Gasteiger partial charge in [-0.3, -0.25) is 0 Å². The van der Waals surface area contributed by atoms with Gasteiger partial charge < -0.3 is 4.52 Å². The molecule has 0 saturated carbocycles. The summed E-state index contributed by atoms with van der Waals surface area (Å²) in [5, 5.41) is 3.36. The Bertz CT molecular complexity index is 898. The van der Waals surface area contributed by atoms with Gasteiger partial charge in [0.15, 0.2) is 0 Å². The van der Waals surface area contributed by atoms with Gasteiger partial charge in [0.2, 0.25) is 15.8 Å². The number of hydrogen-bond acceptors (Lipinski definition) is 5. The Balaban J connectivity index is 1.66. The first-order valence-corrected chi connectivity index (χ1v) is 10.4. The molecule has 142 valence electrons. The molecule has 0 spiro atoms. The van der Waals surface area contributed by atoms with Crippen LogP contribution in [0.25, 0.3) is 10.6 Å². The van der Waals surface area contributed by atoms with Crippen LogP contribution >= 0.6 is 11.3 Å². The van der Waals surface area contributed by atoms with Gasteiger partial charge in [-0.2, -0.15) is 13.2 Å². The smallest absolute Gasteiger partial charge is 0.351 e. The summed E-state index contributed by atoms with van der Waals surface area (Å²) >= 11 is 0.848. The van der Waals surface area contributed by atoms with E-state index in [0.29, 0.717) is 17.8 Å². The number of rotatable bonds is 6. The molecule has 0 amide bonds. The molecule has 0 unspecified atom stereocenters. The largest absolute Gasteiger partial charge is 0.452 e. The van der Waals surface area contributed by atoms with Crippen molar-refractivity contribution in [3.8, 4) is 10.6 Å². The van der Waals surface area contributed by atoms with Crippen LogP contribution < -0.4 is 4.72 Å². The van der Waals surface area contributed by atoms with Crippen molar-refractivity contribution >= 4 is 21.4 Å². The quantitative estimate of drug-likeness (QED) is 0.712. The summed E-state index contributed by atoms with van der Waals surface area (Å²) in [5.74, 6) is -1.22. The number of nitrogens with one attached hydrogen (secondary N) is 1. The zero-order chi connectivity index (χ0) is 18.8. The fourth-order valence-corrected chi connectivity index (χ4v) is 5.01. The average molecular weight is 406 g/mol. The highest BCUT2D eigenvalue weighted by molar-refractivity contribution is 7.91. The van der Waals surface area contributed by atoms with Crippen LogP contribution in [0.3, 0.4) is 0 Å². The van der Waals surface area contributed by atoms with E-state index in [1.807, 2.05) is 0 Å². The van der Waals surface area contributed by atoms with Crippen molar-refractivity contribution in [2.75, 3.05) is 6.54 Å². The maximum atomic E-state index is 12.6. The van der Waals surface area contributed by atoms with Gasteiger partial charge in [0, 0.05) is 12.6 Å². The summed E-state index contributed by atoms with van der Waals surface area (Å²) in [4.78, 5) is 0.291. The minimum absolute atomic E-state index is 0.0293. The molecule has 3 rings (SSSR count). The Kier molecular flexibility index (Phi) is 5.54. The minimum Gasteiger partial charge on any atom is -0.351 e. The Hall–Kier alpha value is -1.65. The van der Waals surface area contributed by atoms with Crippen molar-refractivity contribution in [3.63, 3.8) is 0 Å². The molecule has 5 nitrogen and oxygen atoms in total. The molecule has 2 aromatic rings. The van der Waals surface area contributed by atoms with Crippen LogP contribution in [0, 0.1) is 0 Å². The molecule has 2 aromatic heterocycles. The van der Waals surface area contributed by atoms with Crippen molar-refractivity contribution in [1.82, 2.24) is 9.88 Å². The van der Waals surface area contributed by atoms with Crippen LogP contribution in [-0.4, -0.2) is 20.1 Å². The highest BCUT2D eigenvalue weighted by atomic mass is 32.2. The first kappa shape index (κ1) is 19.1. The molecule has 1 aliphatic rings. The fourth-order valence-electron chi connectivity index (χ4n) is 2.68. The molecule has 10 heteroatoms. The molecule has 1 N–H and O–H groups in total. The number of hydrogen-bond donors (Lipinski definition) is 1. The summed E-state index contributed by atoms with van der Waals surface area (Å²) in [7, 11) is -3.71. The van der Waals surface area contributed by atoms with Crippen molar-refractivity contribution in [1.29, 1.82) is 0 Å². The Labute approximate surface area is 152 Å². The van der Waals surface area contributed by atoms with E-state index in [1.54, 1.807) is 0 Å². The summed E-state index contributed by atoms with van der Waals surface area (Å²) in [6.45, 7) is 0.295. The molecule has 0 bridgehead atoms. The van der Waals surface area contributed by atoms with Crippen molar-refractivity contribution < 1.29 is 26.1 Å². The number of thiophene rings is 1. The molecule has 0 fully saturated rings. The SMILES string of the molecule is O=S(=O)(NCCC1=CCCCC1)c1ccc(-c2cc(C(F)(F)F)on2)s1. The van der Waals surface area contributed by atoms with E-state index in [1.165, 1.54) is 24.1 Å². The second kappa shape index (κ2) is 7.53. The molecule has 0 atom stereocenters. The molecule has 0 aliphatic heterocycles. The van der Waals surface area contributed by atoms with E-state index in [-0.39, 0.29) is 9.90 Å². The van der Waals surface area contributed by atoms with Crippen molar-refractivity contribution in [2.24, 2.45) is 0 Å². The van der Waals surface area contributed by atoms with Crippen LogP contribution in [0.4, 0.5) is 13.2 Å². The zero-order valence-corrected chi connectivity index (χ0v) is 15.3. The first-order chi connectivity index (χ1) is 12.3. The maximum Gasteiger partial charge on any atom is 0.452 e. The fraction of sp³-hybridized carbons (Fsp3) is 0.438. The molecule has 26 heavy (non-hydrogen) atoms. The van der Waals surface area contributed by atoms with Gasteiger partial charge in [0.25, 0.3) is 0 Å². The second-order valence-electron chi connectivity index (χ2n) is 5.95. The third-order valence-corrected chi connectivity index (χ3v) is 7.07. The summed E-state index contributed by atoms with van der Waals surface area (Å²) in [5.41, 5.74) is 1.21. The maximum absolute atomic E-state index is 12.6. The number of aromatic nitrogens is 1. The van der Waals surface area contributed by atoms with Crippen LogP contribution in [0.1, 0.15) is 37.9 Å². The Morgan fingerprint density at radius 3 is 2.73 bits per heavy atom. The summed E-state index contributed by atoms with van der Waals surface area (Å²) in [6.07, 6.45) is 2.52. The average Bonchev–Trinajstić information content (AvgIpc) is 3.25. The van der Waals surface area contributed by atoms with E-state index in [9.17, 15) is 21.6 Å². The number of halogens is 3. The molecule has 0 radical (unpaired) electrons. The summed E-state index contributed by atoms with van der Waals surface area (Å²) < 4.78 is 69.2. The molecular weight excluding hydrogens is 389 g/mol. The highest BCUT2D eigenvalue weighted by Crippen LogP contribution is 2.35. The highest BCUT2D eigenvalue weighted by Gasteiger charge is 2.36. The Morgan fingerprint density at radius 2 is 2.08 bits per heavy atom. The number of alkyl halides is 3. The van der Waals surface area contributed by atoms with Crippen LogP contribution in [0.15, 0.2) is 38.6 Å². The van der Waals surface area contributed by atoms with Gasteiger partial charge in [-0.1, -0.05) is 16.8 Å². The van der Waals surface area contributed by atoms with Crippen molar-refractivity contribution in [2.45, 2.75) is 42.5 Å². The van der Waals surface area contributed by atoms with Crippen LogP contribution in [0.2, 0.25) is 0 Å². The zero-order valence-electron chi connectivity index (χ0n) is 13.7. The lowest BCUT2D eigenvalue weighted by Gasteiger charge is -2.12. The molecule has 2 heterocycles. The summed E-state index contributed by atoms with van der Waals surface area (Å²) in [6, 6.07) is 3.52. The minimum atomic E-state index is -4.63. The monoisotopic (exact) mass is 406 g/mol. The van der Waals surface area contributed by atoms with E-state index in [0.717, 1.165) is 36.7 Å². The van der Waals surface area contributed by atoms with Gasteiger partial charge in [0.1, 0.15) is 9.90 Å². The van der Waals surface area contributed by atoms with Gasteiger partial charge in [-0.25, -0.2) is 13.1 Å². The van der Waals surface area contributed by atoms with Crippen molar-refractivity contribution in [3.05, 3.63) is 35.6 Å². The second-order valence-corrected chi connectivity index (χ2v) is 9.03. The predicted molar refractivity (Wildman–Crippen MR) is 91.2 cm³/mol.